The third-order valence-electron chi connectivity index (χ3n) is 2.31. The average Bonchev–Trinajstić information content (AvgIpc) is 2.28. The third-order valence-corrected chi connectivity index (χ3v) is 2.31. The van der Waals surface area contributed by atoms with Crippen LogP contribution in [-0.4, -0.2) is 31.3 Å². The van der Waals surface area contributed by atoms with Crippen LogP contribution in [0.1, 0.15) is 12.0 Å². The van der Waals surface area contributed by atoms with E-state index in [0.29, 0.717) is 12.8 Å². The number of nitrogens with zero attached hydrogens (tertiary/aromatic N) is 1. The molecule has 4 nitrogen and oxygen atoms in total. The Kier molecular flexibility index (Phi) is 4.51. The number of anilines is 1. The highest BCUT2D eigenvalue weighted by Gasteiger charge is 2.03. The summed E-state index contributed by atoms with van der Waals surface area (Å²) in [5.74, 6) is 0.120. The van der Waals surface area contributed by atoms with Crippen molar-refractivity contribution in [3.8, 4) is 0 Å². The summed E-state index contributed by atoms with van der Waals surface area (Å²) in [5, 5.41) is 2.56. The van der Waals surface area contributed by atoms with Crippen LogP contribution >= 0.6 is 0 Å². The standard InChI is InChI=1S/C12H16N2O2/c1-14(2)12(16)8-5-10-3-6-11(7-4-10)13-9-15/h3-4,6-7,9H,5,8H2,1-2H3,(H,13,15). The minimum absolute atomic E-state index is 0.120. The SMILES string of the molecule is CN(C)C(=O)CCc1ccc(NC=O)cc1. The molecule has 0 aliphatic carbocycles. The van der Waals surface area contributed by atoms with Gasteiger partial charge in [0.15, 0.2) is 0 Å². The van der Waals surface area contributed by atoms with Crippen molar-refractivity contribution >= 4 is 18.0 Å². The van der Waals surface area contributed by atoms with Crippen LogP contribution in [0, 0.1) is 0 Å². The van der Waals surface area contributed by atoms with Crippen LogP contribution < -0.4 is 5.32 Å². The first-order valence-corrected chi connectivity index (χ1v) is 5.13. The predicted molar refractivity (Wildman–Crippen MR) is 63.1 cm³/mol. The van der Waals surface area contributed by atoms with Crippen LogP contribution in [0.25, 0.3) is 0 Å². The van der Waals surface area contributed by atoms with Gasteiger partial charge in [0.05, 0.1) is 0 Å². The molecule has 4 heteroatoms. The Morgan fingerprint density at radius 3 is 2.44 bits per heavy atom. The zero-order valence-corrected chi connectivity index (χ0v) is 9.56. The molecule has 1 aromatic carbocycles. The fourth-order valence-corrected chi connectivity index (χ4v) is 1.31. The molecule has 1 N–H and O–H groups in total. The number of nitrogens with one attached hydrogen (secondary N) is 1. The smallest absolute Gasteiger partial charge is 0.222 e. The summed E-state index contributed by atoms with van der Waals surface area (Å²) in [5.41, 5.74) is 1.85. The summed E-state index contributed by atoms with van der Waals surface area (Å²) in [6, 6.07) is 7.47. The van der Waals surface area contributed by atoms with Crippen LogP contribution in [0.15, 0.2) is 24.3 Å². The summed E-state index contributed by atoms with van der Waals surface area (Å²) >= 11 is 0. The Morgan fingerprint density at radius 2 is 1.94 bits per heavy atom. The molecule has 1 rings (SSSR count). The molecule has 0 saturated carbocycles. The van der Waals surface area contributed by atoms with Gasteiger partial charge in [-0.05, 0) is 24.1 Å². The van der Waals surface area contributed by atoms with Crippen molar-refractivity contribution in [2.24, 2.45) is 0 Å². The molecular weight excluding hydrogens is 204 g/mol. The quantitative estimate of drug-likeness (QED) is 0.760. The maximum absolute atomic E-state index is 11.4. The summed E-state index contributed by atoms with van der Waals surface area (Å²) < 4.78 is 0. The van der Waals surface area contributed by atoms with E-state index in [-0.39, 0.29) is 5.91 Å². The third kappa shape index (κ3) is 3.73. The zero-order chi connectivity index (χ0) is 12.0. The number of carbonyl (C=O) groups excluding carboxylic acids is 2. The number of hydrogen-bond acceptors (Lipinski definition) is 2. The summed E-state index contributed by atoms with van der Waals surface area (Å²) in [4.78, 5) is 23.1. The van der Waals surface area contributed by atoms with Gasteiger partial charge in [-0.1, -0.05) is 12.1 Å². The van der Waals surface area contributed by atoms with E-state index in [2.05, 4.69) is 5.32 Å². The molecule has 0 aliphatic heterocycles. The van der Waals surface area contributed by atoms with E-state index >= 15 is 0 Å². The summed E-state index contributed by atoms with van der Waals surface area (Å²) in [7, 11) is 3.50. The Balaban J connectivity index is 2.49. The van der Waals surface area contributed by atoms with Gasteiger partial charge in [0.2, 0.25) is 12.3 Å². The Labute approximate surface area is 95.3 Å². The number of carbonyl (C=O) groups is 2. The van der Waals surface area contributed by atoms with Crippen LogP contribution in [0.3, 0.4) is 0 Å². The van der Waals surface area contributed by atoms with Gasteiger partial charge in [0.25, 0.3) is 0 Å². The van der Waals surface area contributed by atoms with Crippen molar-refractivity contribution in [3.05, 3.63) is 29.8 Å². The lowest BCUT2D eigenvalue weighted by molar-refractivity contribution is -0.128. The van der Waals surface area contributed by atoms with E-state index < -0.39 is 0 Å². The van der Waals surface area contributed by atoms with Crippen molar-refractivity contribution in [3.63, 3.8) is 0 Å². The highest BCUT2D eigenvalue weighted by atomic mass is 16.2. The largest absolute Gasteiger partial charge is 0.349 e. The lowest BCUT2D eigenvalue weighted by Gasteiger charge is -2.09. The van der Waals surface area contributed by atoms with Gasteiger partial charge in [-0.25, -0.2) is 0 Å². The average molecular weight is 220 g/mol. The number of rotatable bonds is 5. The summed E-state index contributed by atoms with van der Waals surface area (Å²) in [6.45, 7) is 0. The maximum Gasteiger partial charge on any atom is 0.222 e. The first kappa shape index (κ1) is 12.2. The topological polar surface area (TPSA) is 49.4 Å². The molecule has 0 bridgehead atoms. The van der Waals surface area contributed by atoms with Gasteiger partial charge < -0.3 is 10.2 Å². The molecule has 0 aromatic heterocycles. The predicted octanol–water partition coefficient (Wildman–Crippen LogP) is 1.28. The van der Waals surface area contributed by atoms with Crippen LogP contribution in [-0.2, 0) is 16.0 Å². The van der Waals surface area contributed by atoms with Gasteiger partial charge in [-0.3, -0.25) is 9.59 Å². The second-order valence-corrected chi connectivity index (χ2v) is 3.75. The van der Waals surface area contributed by atoms with Crippen molar-refractivity contribution < 1.29 is 9.59 Å². The first-order chi connectivity index (χ1) is 7.63. The van der Waals surface area contributed by atoms with Gasteiger partial charge in [0, 0.05) is 26.2 Å². The van der Waals surface area contributed by atoms with E-state index in [4.69, 9.17) is 0 Å². The van der Waals surface area contributed by atoms with E-state index in [1.54, 1.807) is 19.0 Å². The zero-order valence-electron chi connectivity index (χ0n) is 9.56. The number of benzene rings is 1. The van der Waals surface area contributed by atoms with E-state index in [1.807, 2.05) is 24.3 Å². The Morgan fingerprint density at radius 1 is 1.31 bits per heavy atom. The minimum Gasteiger partial charge on any atom is -0.349 e. The van der Waals surface area contributed by atoms with Gasteiger partial charge in [-0.15, -0.1) is 0 Å². The van der Waals surface area contributed by atoms with Crippen molar-refractivity contribution in [1.82, 2.24) is 4.90 Å². The van der Waals surface area contributed by atoms with Gasteiger partial charge in [-0.2, -0.15) is 0 Å². The van der Waals surface area contributed by atoms with Crippen LogP contribution in [0.4, 0.5) is 5.69 Å². The molecule has 86 valence electrons. The molecular formula is C12H16N2O2. The fourth-order valence-electron chi connectivity index (χ4n) is 1.31. The molecule has 0 atom stereocenters. The highest BCUT2D eigenvalue weighted by Crippen LogP contribution is 2.10. The normalized spacial score (nSPS) is 9.62. The first-order valence-electron chi connectivity index (χ1n) is 5.13. The molecule has 16 heavy (non-hydrogen) atoms. The molecule has 0 radical (unpaired) electrons. The molecule has 0 fully saturated rings. The van der Waals surface area contributed by atoms with E-state index in [1.165, 1.54) is 0 Å². The van der Waals surface area contributed by atoms with Crippen molar-refractivity contribution in [2.45, 2.75) is 12.8 Å². The molecule has 0 spiro atoms. The number of aryl methyl sites for hydroxylation is 1. The molecule has 0 aliphatic rings. The van der Waals surface area contributed by atoms with E-state index in [9.17, 15) is 9.59 Å². The Bertz CT molecular complexity index is 358. The number of hydrogen-bond donors (Lipinski definition) is 1. The molecule has 0 unspecified atom stereocenters. The van der Waals surface area contributed by atoms with E-state index in [0.717, 1.165) is 17.7 Å². The number of amides is 2. The van der Waals surface area contributed by atoms with Gasteiger partial charge >= 0.3 is 0 Å². The highest BCUT2D eigenvalue weighted by molar-refractivity contribution is 5.76. The van der Waals surface area contributed by atoms with Crippen molar-refractivity contribution in [1.29, 1.82) is 0 Å². The summed E-state index contributed by atoms with van der Waals surface area (Å²) in [6.07, 6.45) is 1.87. The monoisotopic (exact) mass is 220 g/mol. The van der Waals surface area contributed by atoms with Crippen LogP contribution in [0.2, 0.25) is 0 Å². The minimum atomic E-state index is 0.120. The molecule has 1 aromatic rings. The van der Waals surface area contributed by atoms with Crippen molar-refractivity contribution in [2.75, 3.05) is 19.4 Å². The Hall–Kier alpha value is -1.84. The van der Waals surface area contributed by atoms with Crippen LogP contribution in [0.5, 0.6) is 0 Å². The molecule has 0 saturated heterocycles. The molecule has 2 amide bonds. The maximum atomic E-state index is 11.4. The lowest BCUT2D eigenvalue weighted by Crippen LogP contribution is -2.21. The molecule has 0 heterocycles. The second kappa shape index (κ2) is 5.90. The second-order valence-electron chi connectivity index (χ2n) is 3.75. The fraction of sp³-hybridized carbons (Fsp3) is 0.333. The lowest BCUT2D eigenvalue weighted by atomic mass is 10.1. The van der Waals surface area contributed by atoms with Gasteiger partial charge in [0.1, 0.15) is 0 Å².